The zero-order valence-electron chi connectivity index (χ0n) is 11.0. The van der Waals surface area contributed by atoms with Gasteiger partial charge in [0, 0.05) is 11.1 Å². The summed E-state index contributed by atoms with van der Waals surface area (Å²) in [6.07, 6.45) is 0. The van der Waals surface area contributed by atoms with Crippen molar-refractivity contribution < 1.29 is 9.90 Å². The van der Waals surface area contributed by atoms with Crippen LogP contribution in [0.25, 0.3) is 16.6 Å². The van der Waals surface area contributed by atoms with E-state index in [4.69, 9.17) is 5.11 Å². The van der Waals surface area contributed by atoms with Crippen LogP contribution in [0.3, 0.4) is 0 Å². The molecule has 3 rings (SSSR count). The summed E-state index contributed by atoms with van der Waals surface area (Å²) < 4.78 is 1.51. The molecule has 0 fully saturated rings. The number of hydrogen-bond donors (Lipinski definition) is 1. The first-order valence-electron chi connectivity index (χ1n) is 6.10. The molecule has 0 aliphatic heterocycles. The molecule has 0 aliphatic carbocycles. The number of hydrogen-bond acceptors (Lipinski definition) is 4. The van der Waals surface area contributed by atoms with Crippen LogP contribution in [0, 0.1) is 13.8 Å². The number of pyridine rings is 1. The van der Waals surface area contributed by atoms with Gasteiger partial charge in [-0.05, 0) is 26.0 Å². The predicted octanol–water partition coefficient (Wildman–Crippen LogP) is 2.13. The number of aromatic nitrogens is 4. The number of rotatable bonds is 2. The Balaban J connectivity index is 2.29. The van der Waals surface area contributed by atoms with Crippen molar-refractivity contribution in [2.75, 3.05) is 0 Å². The smallest absolute Gasteiger partial charge is 0.358 e. The van der Waals surface area contributed by atoms with Gasteiger partial charge in [-0.25, -0.2) is 9.48 Å². The van der Waals surface area contributed by atoms with Crippen molar-refractivity contribution in [2.45, 2.75) is 13.8 Å². The van der Waals surface area contributed by atoms with E-state index >= 15 is 0 Å². The quantitative estimate of drug-likeness (QED) is 0.770. The van der Waals surface area contributed by atoms with E-state index in [-0.39, 0.29) is 5.69 Å². The lowest BCUT2D eigenvalue weighted by Crippen LogP contribution is -2.04. The van der Waals surface area contributed by atoms with Crippen molar-refractivity contribution in [3.63, 3.8) is 0 Å². The molecule has 2 heterocycles. The third-order valence-electron chi connectivity index (χ3n) is 3.16. The molecular weight excluding hydrogens is 256 g/mol. The molecular formula is C14H12N4O2. The van der Waals surface area contributed by atoms with Gasteiger partial charge in [-0.1, -0.05) is 23.4 Å². The monoisotopic (exact) mass is 268 g/mol. The fraction of sp³-hybridized carbons (Fsp3) is 0.143. The van der Waals surface area contributed by atoms with Gasteiger partial charge in [0.2, 0.25) is 0 Å². The number of carboxylic acid groups (broad SMARTS) is 1. The number of nitrogens with zero attached hydrogens (tertiary/aromatic N) is 4. The number of benzene rings is 1. The number of aromatic carboxylic acids is 1. The molecule has 6 heteroatoms. The third-order valence-corrected chi connectivity index (χ3v) is 3.16. The first-order valence-corrected chi connectivity index (χ1v) is 6.10. The van der Waals surface area contributed by atoms with Crippen molar-refractivity contribution in [1.82, 2.24) is 20.0 Å². The maximum absolute atomic E-state index is 11.1. The number of para-hydroxylation sites is 1. The van der Waals surface area contributed by atoms with Gasteiger partial charge in [-0.2, -0.15) is 0 Å². The van der Waals surface area contributed by atoms with Crippen LogP contribution in [0.5, 0.6) is 0 Å². The molecule has 100 valence electrons. The minimum atomic E-state index is -1.09. The summed E-state index contributed by atoms with van der Waals surface area (Å²) in [5.41, 5.74) is 2.82. The van der Waals surface area contributed by atoms with Crippen molar-refractivity contribution >= 4 is 16.9 Å². The first-order chi connectivity index (χ1) is 9.58. The van der Waals surface area contributed by atoms with Crippen molar-refractivity contribution in [3.8, 4) is 5.69 Å². The van der Waals surface area contributed by atoms with Crippen LogP contribution in [-0.4, -0.2) is 31.1 Å². The van der Waals surface area contributed by atoms with Crippen LogP contribution in [0.2, 0.25) is 0 Å². The Kier molecular flexibility index (Phi) is 2.71. The largest absolute Gasteiger partial charge is 0.476 e. The zero-order chi connectivity index (χ0) is 14.3. The van der Waals surface area contributed by atoms with E-state index in [1.165, 1.54) is 4.68 Å². The summed E-state index contributed by atoms with van der Waals surface area (Å²) in [5, 5.41) is 17.7. The van der Waals surface area contributed by atoms with E-state index in [1.54, 1.807) is 6.92 Å². The second-order valence-electron chi connectivity index (χ2n) is 4.54. The van der Waals surface area contributed by atoms with Gasteiger partial charge in [-0.15, -0.1) is 5.10 Å². The molecule has 0 saturated carbocycles. The topological polar surface area (TPSA) is 80.9 Å². The van der Waals surface area contributed by atoms with Crippen molar-refractivity contribution in [3.05, 3.63) is 47.4 Å². The minimum absolute atomic E-state index is 0.0466. The molecule has 2 aromatic heterocycles. The second kappa shape index (κ2) is 4.41. The summed E-state index contributed by atoms with van der Waals surface area (Å²) in [7, 11) is 0. The van der Waals surface area contributed by atoms with Gasteiger partial charge in [0.15, 0.2) is 5.69 Å². The molecule has 0 unspecified atom stereocenters. The van der Waals surface area contributed by atoms with Crippen molar-refractivity contribution in [1.29, 1.82) is 0 Å². The molecule has 0 radical (unpaired) electrons. The molecule has 1 N–H and O–H groups in total. The minimum Gasteiger partial charge on any atom is -0.476 e. The predicted molar refractivity (Wildman–Crippen MR) is 73.1 cm³/mol. The van der Waals surface area contributed by atoms with Crippen LogP contribution in [0.1, 0.15) is 21.9 Å². The summed E-state index contributed by atoms with van der Waals surface area (Å²) >= 11 is 0. The zero-order valence-corrected chi connectivity index (χ0v) is 11.0. The van der Waals surface area contributed by atoms with E-state index in [2.05, 4.69) is 15.3 Å². The fourth-order valence-corrected chi connectivity index (χ4v) is 2.16. The first kappa shape index (κ1) is 12.3. The maximum atomic E-state index is 11.1. The molecule has 6 nitrogen and oxygen atoms in total. The van der Waals surface area contributed by atoms with E-state index in [0.717, 1.165) is 22.3 Å². The lowest BCUT2D eigenvalue weighted by Gasteiger charge is -2.07. The molecule has 0 saturated heterocycles. The number of carboxylic acids is 1. The molecule has 1 aromatic carbocycles. The van der Waals surface area contributed by atoms with Gasteiger partial charge in [0.1, 0.15) is 0 Å². The Hall–Kier alpha value is -2.76. The van der Waals surface area contributed by atoms with Crippen LogP contribution in [0.15, 0.2) is 30.3 Å². The summed E-state index contributed by atoms with van der Waals surface area (Å²) in [6.45, 7) is 3.59. The highest BCUT2D eigenvalue weighted by Crippen LogP contribution is 2.22. The summed E-state index contributed by atoms with van der Waals surface area (Å²) in [6, 6.07) is 9.60. The van der Waals surface area contributed by atoms with Crippen LogP contribution in [0.4, 0.5) is 0 Å². The summed E-state index contributed by atoms with van der Waals surface area (Å²) in [4.78, 5) is 15.6. The Labute approximate surface area is 114 Å². The Bertz CT molecular complexity index is 823. The molecule has 3 aromatic rings. The maximum Gasteiger partial charge on any atom is 0.358 e. The van der Waals surface area contributed by atoms with Gasteiger partial charge in [-0.3, -0.25) is 4.98 Å². The highest BCUT2D eigenvalue weighted by atomic mass is 16.4. The standard InChI is InChI=1S/C14H12N4O2/c1-8-6-7-10-4-3-5-11(13(10)15-8)18-9(2)12(14(19)20)16-17-18/h3-7H,1-2H3,(H,19,20). The lowest BCUT2D eigenvalue weighted by atomic mass is 10.1. The van der Waals surface area contributed by atoms with Crippen LogP contribution >= 0.6 is 0 Å². The number of carbonyl (C=O) groups is 1. The Morgan fingerprint density at radius 1 is 1.20 bits per heavy atom. The van der Waals surface area contributed by atoms with Crippen LogP contribution < -0.4 is 0 Å². The van der Waals surface area contributed by atoms with Gasteiger partial charge in [0.25, 0.3) is 0 Å². The van der Waals surface area contributed by atoms with Gasteiger partial charge in [0.05, 0.1) is 16.9 Å². The highest BCUT2D eigenvalue weighted by molar-refractivity contribution is 5.88. The molecule has 0 atom stereocenters. The van der Waals surface area contributed by atoms with E-state index in [1.807, 2.05) is 37.3 Å². The Morgan fingerprint density at radius 2 is 2.00 bits per heavy atom. The number of aryl methyl sites for hydroxylation is 1. The van der Waals surface area contributed by atoms with E-state index < -0.39 is 5.97 Å². The van der Waals surface area contributed by atoms with Crippen LogP contribution in [-0.2, 0) is 0 Å². The third kappa shape index (κ3) is 1.82. The van der Waals surface area contributed by atoms with E-state index in [0.29, 0.717) is 5.69 Å². The molecule has 0 spiro atoms. The van der Waals surface area contributed by atoms with E-state index in [9.17, 15) is 4.79 Å². The molecule has 0 aliphatic rings. The average molecular weight is 268 g/mol. The van der Waals surface area contributed by atoms with Gasteiger partial charge < -0.3 is 5.11 Å². The SMILES string of the molecule is Cc1ccc2cccc(-n3nnc(C(=O)O)c3C)c2n1. The normalized spacial score (nSPS) is 10.9. The number of fused-ring (bicyclic) bond motifs is 1. The van der Waals surface area contributed by atoms with Gasteiger partial charge >= 0.3 is 5.97 Å². The van der Waals surface area contributed by atoms with Crippen molar-refractivity contribution in [2.24, 2.45) is 0 Å². The highest BCUT2D eigenvalue weighted by Gasteiger charge is 2.17. The molecule has 0 bridgehead atoms. The fourth-order valence-electron chi connectivity index (χ4n) is 2.16. The molecule has 0 amide bonds. The second-order valence-corrected chi connectivity index (χ2v) is 4.54. The molecule has 20 heavy (non-hydrogen) atoms. The average Bonchev–Trinajstić information content (AvgIpc) is 2.80. The summed E-state index contributed by atoms with van der Waals surface area (Å²) in [5.74, 6) is -1.09. The Morgan fingerprint density at radius 3 is 2.70 bits per heavy atom. The lowest BCUT2D eigenvalue weighted by molar-refractivity contribution is 0.0689.